The molecule has 6 rings (SSSR count). The Kier molecular flexibility index (Phi) is 6.34. The van der Waals surface area contributed by atoms with Crippen LogP contribution in [0, 0.1) is 0 Å². The van der Waals surface area contributed by atoms with Crippen LogP contribution in [0.25, 0.3) is 11.0 Å². The van der Waals surface area contributed by atoms with Crippen molar-refractivity contribution >= 4 is 34.4 Å². The van der Waals surface area contributed by atoms with Crippen molar-refractivity contribution in [2.45, 2.75) is 41.5 Å². The van der Waals surface area contributed by atoms with Gasteiger partial charge in [-0.3, -0.25) is 19.7 Å². The average molecular weight is 497 g/mol. The largest absolute Gasteiger partial charge is 0.497 e. The molecule has 1 N–H and O–H groups in total. The first-order valence-electron chi connectivity index (χ1n) is 12.3. The molecule has 2 heterocycles. The molecule has 1 amide bonds. The number of anilines is 1. The predicted octanol–water partition coefficient (Wildman–Crippen LogP) is 4.98. The van der Waals surface area contributed by atoms with E-state index in [1.165, 1.54) is 16.0 Å². The standard InChI is InChI=1S/C29H28N4O2S/c1-35-23-7-9-24(10-8-23)36-25-17-28(33(18-25)22-14-19-4-2-3-5-20(19)15-22)29(34)32-21-6-11-26-27(16-21)31-13-12-30-26/h2-13,16,22,25,28H,14-15,17-18H2,1H3,(H,32,34)/t25-,28+/m1/s1. The number of carbonyl (C=O) groups is 1. The summed E-state index contributed by atoms with van der Waals surface area (Å²) in [7, 11) is 1.68. The summed E-state index contributed by atoms with van der Waals surface area (Å²) in [5, 5.41) is 3.51. The number of amides is 1. The normalized spacial score (nSPS) is 19.9. The van der Waals surface area contributed by atoms with Crippen molar-refractivity contribution in [2.75, 3.05) is 19.0 Å². The molecule has 3 aromatic carbocycles. The van der Waals surface area contributed by atoms with Gasteiger partial charge in [0.2, 0.25) is 5.91 Å². The van der Waals surface area contributed by atoms with Crippen molar-refractivity contribution in [3.8, 4) is 5.75 Å². The maximum Gasteiger partial charge on any atom is 0.241 e. The number of rotatable bonds is 6. The van der Waals surface area contributed by atoms with Crippen molar-refractivity contribution in [1.82, 2.24) is 14.9 Å². The van der Waals surface area contributed by atoms with Crippen molar-refractivity contribution in [2.24, 2.45) is 0 Å². The summed E-state index contributed by atoms with van der Waals surface area (Å²) >= 11 is 1.85. The SMILES string of the molecule is COc1ccc(S[C@@H]2C[C@@H](C(=O)Nc3ccc4nccnc4c3)N(C3Cc4ccccc4C3)C2)cc1. The third-order valence-corrected chi connectivity index (χ3v) is 8.42. The number of methoxy groups -OCH3 is 1. The Hall–Kier alpha value is -3.42. The summed E-state index contributed by atoms with van der Waals surface area (Å²) in [5.74, 6) is 0.903. The number of nitrogens with zero attached hydrogens (tertiary/aromatic N) is 3. The van der Waals surface area contributed by atoms with Crippen LogP contribution in [0.15, 0.2) is 84.0 Å². The van der Waals surface area contributed by atoms with Gasteiger partial charge in [0.05, 0.1) is 24.2 Å². The second-order valence-corrected chi connectivity index (χ2v) is 10.8. The molecule has 0 saturated carbocycles. The molecule has 0 spiro atoms. The molecule has 1 aliphatic heterocycles. The Morgan fingerprint density at radius 1 is 0.972 bits per heavy atom. The maximum absolute atomic E-state index is 13.7. The van der Waals surface area contributed by atoms with Crippen molar-refractivity contribution < 1.29 is 9.53 Å². The first kappa shape index (κ1) is 23.0. The van der Waals surface area contributed by atoms with E-state index in [-0.39, 0.29) is 11.9 Å². The lowest BCUT2D eigenvalue weighted by Crippen LogP contribution is -2.46. The second-order valence-electron chi connectivity index (χ2n) is 9.44. The lowest BCUT2D eigenvalue weighted by atomic mass is 10.1. The third kappa shape index (κ3) is 4.68. The molecule has 182 valence electrons. The minimum atomic E-state index is -0.183. The van der Waals surface area contributed by atoms with E-state index in [4.69, 9.17) is 4.74 Å². The molecule has 2 atom stereocenters. The molecule has 7 heteroatoms. The Labute approximate surface area is 215 Å². The van der Waals surface area contributed by atoms with E-state index in [1.54, 1.807) is 19.5 Å². The van der Waals surface area contributed by atoms with E-state index in [1.807, 2.05) is 42.1 Å². The monoisotopic (exact) mass is 496 g/mol. The Balaban J connectivity index is 1.22. The molecule has 36 heavy (non-hydrogen) atoms. The number of aromatic nitrogens is 2. The highest BCUT2D eigenvalue weighted by atomic mass is 32.2. The summed E-state index contributed by atoms with van der Waals surface area (Å²) in [6.07, 6.45) is 6.14. The van der Waals surface area contributed by atoms with E-state index >= 15 is 0 Å². The lowest BCUT2D eigenvalue weighted by molar-refractivity contribution is -0.121. The van der Waals surface area contributed by atoms with E-state index in [9.17, 15) is 4.79 Å². The Morgan fingerprint density at radius 3 is 2.42 bits per heavy atom. The number of nitrogens with one attached hydrogen (secondary N) is 1. The molecule has 2 aliphatic rings. The first-order chi connectivity index (χ1) is 17.7. The van der Waals surface area contributed by atoms with Gasteiger partial charge in [-0.25, -0.2) is 0 Å². The van der Waals surface area contributed by atoms with Crippen molar-refractivity contribution in [3.05, 3.63) is 90.3 Å². The fraction of sp³-hybridized carbons (Fsp3) is 0.276. The van der Waals surface area contributed by atoms with Gasteiger partial charge in [0.25, 0.3) is 0 Å². The quantitative estimate of drug-likeness (QED) is 0.406. The van der Waals surface area contributed by atoms with Gasteiger partial charge in [0.1, 0.15) is 5.75 Å². The zero-order valence-electron chi connectivity index (χ0n) is 20.1. The van der Waals surface area contributed by atoms with E-state index in [0.717, 1.165) is 48.3 Å². The van der Waals surface area contributed by atoms with Crippen LogP contribution in [-0.2, 0) is 17.6 Å². The number of fused-ring (bicyclic) bond motifs is 2. The minimum Gasteiger partial charge on any atom is -0.497 e. The highest BCUT2D eigenvalue weighted by molar-refractivity contribution is 8.00. The van der Waals surface area contributed by atoms with Crippen LogP contribution >= 0.6 is 11.8 Å². The van der Waals surface area contributed by atoms with Crippen LogP contribution in [0.2, 0.25) is 0 Å². The number of thioether (sulfide) groups is 1. The summed E-state index contributed by atoms with van der Waals surface area (Å²) in [6, 6.07) is 22.7. The van der Waals surface area contributed by atoms with Crippen LogP contribution in [0.3, 0.4) is 0 Å². The van der Waals surface area contributed by atoms with Crippen LogP contribution < -0.4 is 10.1 Å². The molecule has 1 aromatic heterocycles. The van der Waals surface area contributed by atoms with Gasteiger partial charge in [-0.2, -0.15) is 0 Å². The third-order valence-electron chi connectivity index (χ3n) is 7.20. The Bertz CT molecular complexity index is 1370. The van der Waals surface area contributed by atoms with Gasteiger partial charge in [0.15, 0.2) is 0 Å². The van der Waals surface area contributed by atoms with Crippen LogP contribution in [0.1, 0.15) is 17.5 Å². The number of likely N-dealkylation sites (tertiary alicyclic amines) is 1. The minimum absolute atomic E-state index is 0.0482. The average Bonchev–Trinajstić information content (AvgIpc) is 3.53. The van der Waals surface area contributed by atoms with E-state index < -0.39 is 0 Å². The smallest absolute Gasteiger partial charge is 0.241 e. The molecule has 0 unspecified atom stereocenters. The Morgan fingerprint density at radius 2 is 1.69 bits per heavy atom. The van der Waals surface area contributed by atoms with E-state index in [0.29, 0.717) is 11.3 Å². The van der Waals surface area contributed by atoms with Crippen molar-refractivity contribution in [1.29, 1.82) is 0 Å². The molecular formula is C29H28N4O2S. The fourth-order valence-electron chi connectivity index (χ4n) is 5.45. The highest BCUT2D eigenvalue weighted by Crippen LogP contribution is 2.38. The van der Waals surface area contributed by atoms with Crippen LogP contribution in [-0.4, -0.2) is 51.8 Å². The van der Waals surface area contributed by atoms with Crippen LogP contribution in [0.4, 0.5) is 5.69 Å². The first-order valence-corrected chi connectivity index (χ1v) is 13.2. The molecule has 6 nitrogen and oxygen atoms in total. The van der Waals surface area contributed by atoms with Crippen LogP contribution in [0.5, 0.6) is 5.75 Å². The number of hydrogen-bond acceptors (Lipinski definition) is 6. The summed E-state index contributed by atoms with van der Waals surface area (Å²) in [6.45, 7) is 0.886. The van der Waals surface area contributed by atoms with E-state index in [2.05, 4.69) is 56.6 Å². The van der Waals surface area contributed by atoms with Gasteiger partial charge in [-0.1, -0.05) is 24.3 Å². The zero-order chi connectivity index (χ0) is 24.5. The number of benzene rings is 3. The van der Waals surface area contributed by atoms with Gasteiger partial charge in [0, 0.05) is 40.8 Å². The molecule has 0 radical (unpaired) electrons. The topological polar surface area (TPSA) is 67.3 Å². The lowest BCUT2D eigenvalue weighted by Gasteiger charge is -2.29. The van der Waals surface area contributed by atoms with Gasteiger partial charge in [-0.15, -0.1) is 11.8 Å². The van der Waals surface area contributed by atoms with Crippen molar-refractivity contribution in [3.63, 3.8) is 0 Å². The summed E-state index contributed by atoms with van der Waals surface area (Å²) in [5.41, 5.74) is 5.16. The maximum atomic E-state index is 13.7. The molecule has 1 fully saturated rings. The predicted molar refractivity (Wildman–Crippen MR) is 144 cm³/mol. The molecule has 0 bridgehead atoms. The molecular weight excluding hydrogens is 468 g/mol. The summed E-state index contributed by atoms with van der Waals surface area (Å²) < 4.78 is 5.31. The van der Waals surface area contributed by atoms with Gasteiger partial charge in [-0.05, 0) is 72.9 Å². The fourth-order valence-corrected chi connectivity index (χ4v) is 6.65. The molecule has 4 aromatic rings. The number of carbonyl (C=O) groups excluding carboxylic acids is 1. The molecule has 1 aliphatic carbocycles. The number of ether oxygens (including phenoxy) is 1. The highest BCUT2D eigenvalue weighted by Gasteiger charge is 2.42. The van der Waals surface area contributed by atoms with Gasteiger partial charge >= 0.3 is 0 Å². The number of hydrogen-bond donors (Lipinski definition) is 1. The van der Waals surface area contributed by atoms with Gasteiger partial charge < -0.3 is 10.1 Å². The molecule has 1 saturated heterocycles. The summed E-state index contributed by atoms with van der Waals surface area (Å²) in [4.78, 5) is 26.0. The second kappa shape index (κ2) is 9.91. The zero-order valence-corrected chi connectivity index (χ0v) is 20.9.